The molecule has 0 atom stereocenters. The summed E-state index contributed by atoms with van der Waals surface area (Å²) in [5, 5.41) is 3.03. The maximum atomic E-state index is 13.4. The van der Waals surface area contributed by atoms with Gasteiger partial charge in [0.15, 0.2) is 5.82 Å². The third-order valence-electron chi connectivity index (χ3n) is 3.17. The van der Waals surface area contributed by atoms with E-state index in [9.17, 15) is 4.39 Å². The summed E-state index contributed by atoms with van der Waals surface area (Å²) in [4.78, 5) is 8.98. The van der Waals surface area contributed by atoms with Crippen molar-refractivity contribution in [2.45, 2.75) is 18.8 Å². The van der Waals surface area contributed by atoms with E-state index in [2.05, 4.69) is 31.2 Å². The fourth-order valence-electron chi connectivity index (χ4n) is 1.97. The quantitative estimate of drug-likeness (QED) is 0.929. The van der Waals surface area contributed by atoms with E-state index in [4.69, 9.17) is 0 Å². The Labute approximate surface area is 119 Å². The molecule has 0 unspecified atom stereocenters. The Morgan fingerprint density at radius 2 is 2.05 bits per heavy atom. The molecule has 0 bridgehead atoms. The number of anilines is 1. The fraction of sp³-hybridized carbons (Fsp3) is 0.286. The van der Waals surface area contributed by atoms with Crippen LogP contribution < -0.4 is 5.32 Å². The van der Waals surface area contributed by atoms with Crippen LogP contribution in [0.15, 0.2) is 28.7 Å². The van der Waals surface area contributed by atoms with E-state index >= 15 is 0 Å². The number of nitrogens with zero attached hydrogens (tertiary/aromatic N) is 2. The number of rotatable bonds is 3. The van der Waals surface area contributed by atoms with E-state index in [-0.39, 0.29) is 5.82 Å². The zero-order chi connectivity index (χ0) is 13.4. The van der Waals surface area contributed by atoms with Crippen molar-refractivity contribution >= 4 is 21.7 Å². The van der Waals surface area contributed by atoms with Crippen LogP contribution >= 0.6 is 15.9 Å². The lowest BCUT2D eigenvalue weighted by atomic mass is 10.2. The molecule has 0 spiro atoms. The maximum absolute atomic E-state index is 13.4. The molecule has 3 nitrogen and oxygen atoms in total. The van der Waals surface area contributed by atoms with Crippen LogP contribution in [0.2, 0.25) is 0 Å². The van der Waals surface area contributed by atoms with Crippen LogP contribution in [0.4, 0.5) is 10.2 Å². The van der Waals surface area contributed by atoms with Crippen molar-refractivity contribution in [1.29, 1.82) is 0 Å². The van der Waals surface area contributed by atoms with Gasteiger partial charge in [0.2, 0.25) is 0 Å². The number of halogens is 2. The molecule has 1 N–H and O–H groups in total. The third-order valence-corrected chi connectivity index (χ3v) is 3.86. The molecule has 0 radical (unpaired) electrons. The Kier molecular flexibility index (Phi) is 3.22. The second-order valence-corrected chi connectivity index (χ2v) is 5.50. The molecule has 3 rings (SSSR count). The van der Waals surface area contributed by atoms with Crippen LogP contribution in [-0.4, -0.2) is 17.0 Å². The topological polar surface area (TPSA) is 37.8 Å². The molecule has 2 aromatic rings. The van der Waals surface area contributed by atoms with Gasteiger partial charge in [-0.05, 0) is 31.0 Å². The van der Waals surface area contributed by atoms with Gasteiger partial charge in [-0.2, -0.15) is 0 Å². The van der Waals surface area contributed by atoms with E-state index < -0.39 is 0 Å². The summed E-state index contributed by atoms with van der Waals surface area (Å²) in [5.41, 5.74) is 1.71. The van der Waals surface area contributed by atoms with E-state index in [1.807, 2.05) is 13.1 Å². The summed E-state index contributed by atoms with van der Waals surface area (Å²) >= 11 is 3.42. The highest BCUT2D eigenvalue weighted by Gasteiger charge is 2.26. The Bertz CT molecular complexity index is 626. The third kappa shape index (κ3) is 2.61. The minimum Gasteiger partial charge on any atom is -0.373 e. The fourth-order valence-corrected chi connectivity index (χ4v) is 2.40. The van der Waals surface area contributed by atoms with Crippen molar-refractivity contribution in [2.24, 2.45) is 0 Å². The summed E-state index contributed by atoms with van der Waals surface area (Å²) in [7, 11) is 1.82. The maximum Gasteiger partial charge on any atom is 0.163 e. The van der Waals surface area contributed by atoms with Gasteiger partial charge in [-0.3, -0.25) is 0 Å². The first kappa shape index (κ1) is 12.5. The first-order valence-corrected chi connectivity index (χ1v) is 6.99. The van der Waals surface area contributed by atoms with E-state index in [0.29, 0.717) is 17.3 Å². The summed E-state index contributed by atoms with van der Waals surface area (Å²) in [6.07, 6.45) is 2.34. The molecule has 1 saturated carbocycles. The Hall–Kier alpha value is -1.49. The molecule has 98 valence electrons. The van der Waals surface area contributed by atoms with Crippen molar-refractivity contribution in [3.8, 4) is 11.4 Å². The molecule has 5 heteroatoms. The highest BCUT2D eigenvalue weighted by atomic mass is 79.9. The molecule has 1 aliphatic rings. The molecule has 1 fully saturated rings. The Morgan fingerprint density at radius 3 is 2.74 bits per heavy atom. The van der Waals surface area contributed by atoms with Gasteiger partial charge in [0.25, 0.3) is 0 Å². The predicted octanol–water partition coefficient (Wildman–Crippen LogP) is 3.96. The van der Waals surface area contributed by atoms with E-state index in [0.717, 1.165) is 16.0 Å². The van der Waals surface area contributed by atoms with Crippen LogP contribution in [0.3, 0.4) is 0 Å². The summed E-state index contributed by atoms with van der Waals surface area (Å²) < 4.78 is 14.2. The SMILES string of the molecule is CNc1cc(C2CC2)nc(-c2cc(F)ccc2Br)n1. The van der Waals surface area contributed by atoms with Gasteiger partial charge in [-0.25, -0.2) is 14.4 Å². The Balaban J connectivity index is 2.12. The van der Waals surface area contributed by atoms with Crippen molar-refractivity contribution in [2.75, 3.05) is 12.4 Å². The van der Waals surface area contributed by atoms with Crippen LogP contribution in [0.5, 0.6) is 0 Å². The largest absolute Gasteiger partial charge is 0.373 e. The predicted molar refractivity (Wildman–Crippen MR) is 76.6 cm³/mol. The second-order valence-electron chi connectivity index (χ2n) is 4.65. The van der Waals surface area contributed by atoms with Crippen molar-refractivity contribution in [3.63, 3.8) is 0 Å². The Morgan fingerprint density at radius 1 is 1.26 bits per heavy atom. The lowest BCUT2D eigenvalue weighted by molar-refractivity contribution is 0.628. The number of nitrogens with one attached hydrogen (secondary N) is 1. The molecule has 0 amide bonds. The van der Waals surface area contributed by atoms with E-state index in [1.54, 1.807) is 6.07 Å². The van der Waals surface area contributed by atoms with Gasteiger partial charge in [0.1, 0.15) is 11.6 Å². The zero-order valence-electron chi connectivity index (χ0n) is 10.5. The normalized spacial score (nSPS) is 14.5. The average Bonchev–Trinajstić information content (AvgIpc) is 3.25. The molecule has 1 aromatic heterocycles. The number of hydrogen-bond acceptors (Lipinski definition) is 3. The van der Waals surface area contributed by atoms with Crippen LogP contribution in [-0.2, 0) is 0 Å². The first-order valence-electron chi connectivity index (χ1n) is 6.19. The van der Waals surface area contributed by atoms with Crippen molar-refractivity contribution < 1.29 is 4.39 Å². The highest BCUT2D eigenvalue weighted by molar-refractivity contribution is 9.10. The van der Waals surface area contributed by atoms with Gasteiger partial charge in [0.05, 0.1) is 0 Å². The van der Waals surface area contributed by atoms with Crippen molar-refractivity contribution in [3.05, 3.63) is 40.2 Å². The molecule has 1 heterocycles. The van der Waals surface area contributed by atoms with Gasteiger partial charge in [0, 0.05) is 34.8 Å². The minimum atomic E-state index is -0.287. The first-order chi connectivity index (χ1) is 9.17. The molecule has 0 saturated heterocycles. The standard InChI is InChI=1S/C14H13BrFN3/c1-17-13-7-12(8-2-3-8)18-14(19-13)10-6-9(16)4-5-11(10)15/h4-8H,2-3H2,1H3,(H,17,18,19). The molecule has 1 aliphatic carbocycles. The lowest BCUT2D eigenvalue weighted by Gasteiger charge is -2.08. The van der Waals surface area contributed by atoms with Gasteiger partial charge < -0.3 is 5.32 Å². The summed E-state index contributed by atoms with van der Waals surface area (Å²) in [5.74, 6) is 1.56. The van der Waals surface area contributed by atoms with Crippen molar-refractivity contribution in [1.82, 2.24) is 9.97 Å². The molecule has 19 heavy (non-hydrogen) atoms. The number of benzene rings is 1. The zero-order valence-corrected chi connectivity index (χ0v) is 12.0. The molecule has 1 aromatic carbocycles. The summed E-state index contributed by atoms with van der Waals surface area (Å²) in [6.45, 7) is 0. The van der Waals surface area contributed by atoms with Gasteiger partial charge >= 0.3 is 0 Å². The average molecular weight is 322 g/mol. The number of hydrogen-bond donors (Lipinski definition) is 1. The molecular weight excluding hydrogens is 309 g/mol. The smallest absolute Gasteiger partial charge is 0.163 e. The minimum absolute atomic E-state index is 0.287. The molecular formula is C14H13BrFN3. The molecule has 0 aliphatic heterocycles. The van der Waals surface area contributed by atoms with Crippen LogP contribution in [0.25, 0.3) is 11.4 Å². The number of aromatic nitrogens is 2. The highest BCUT2D eigenvalue weighted by Crippen LogP contribution is 2.40. The van der Waals surface area contributed by atoms with Crippen LogP contribution in [0, 0.1) is 5.82 Å². The lowest BCUT2D eigenvalue weighted by Crippen LogP contribution is -2.00. The summed E-state index contributed by atoms with van der Waals surface area (Å²) in [6, 6.07) is 6.51. The monoisotopic (exact) mass is 321 g/mol. The van der Waals surface area contributed by atoms with Gasteiger partial charge in [-0.15, -0.1) is 0 Å². The van der Waals surface area contributed by atoms with Crippen LogP contribution in [0.1, 0.15) is 24.5 Å². The van der Waals surface area contributed by atoms with Gasteiger partial charge in [-0.1, -0.05) is 15.9 Å². The second kappa shape index (κ2) is 4.89. The van der Waals surface area contributed by atoms with E-state index in [1.165, 1.54) is 25.0 Å².